The highest BCUT2D eigenvalue weighted by Gasteiger charge is 2.35. The summed E-state index contributed by atoms with van der Waals surface area (Å²) in [6.07, 6.45) is 2.69. The molecular formula is C41H79N5O15. The van der Waals surface area contributed by atoms with Crippen molar-refractivity contribution in [2.24, 2.45) is 0 Å². The number of likely N-dealkylation sites (N-methyl/N-ethyl adjacent to an activating group) is 1. The molecule has 358 valence electrons. The quantitative estimate of drug-likeness (QED) is 0.0520. The standard InChI is InChI=1S/C31H53N5O14.C4H8O.3C2H6/c1-32-27(38)23-34-28(39)24-35-31(42)25(36-29(40)3-4-30(36)41)5-7-33-26(37)6-8-44-11-12-46-15-16-48-19-20-50-22-21-49-18-17-47-14-13-45-10-9-43-2;1-3-4(2)5;3*1-2/h3-4,25H,5-24H2,1-2H3,(H,32,38)(H,33,37)(H,34,39)(H,35,42);3H2,1-2H3;3*1-2H3. The largest absolute Gasteiger partial charge is 0.382 e. The third-order valence-corrected chi connectivity index (χ3v) is 6.98. The van der Waals surface area contributed by atoms with E-state index in [0.717, 1.165) is 17.1 Å². The second kappa shape index (κ2) is 50.5. The van der Waals surface area contributed by atoms with Crippen LogP contribution in [0.15, 0.2) is 12.2 Å². The molecule has 1 aliphatic rings. The molecule has 0 bridgehead atoms. The lowest BCUT2D eigenvalue weighted by Crippen LogP contribution is -2.52. The van der Waals surface area contributed by atoms with Crippen LogP contribution >= 0.6 is 0 Å². The Hall–Kier alpha value is -3.89. The minimum atomic E-state index is -1.26. The van der Waals surface area contributed by atoms with Gasteiger partial charge in [-0.3, -0.25) is 33.7 Å². The van der Waals surface area contributed by atoms with Crippen molar-refractivity contribution in [1.82, 2.24) is 26.2 Å². The molecule has 0 aromatic rings. The van der Waals surface area contributed by atoms with Gasteiger partial charge in [-0.25, -0.2) is 0 Å². The van der Waals surface area contributed by atoms with Gasteiger partial charge in [-0.05, 0) is 13.3 Å². The predicted octanol–water partition coefficient (Wildman–Crippen LogP) is 0.981. The number of amides is 6. The molecule has 61 heavy (non-hydrogen) atoms. The summed E-state index contributed by atoms with van der Waals surface area (Å²) < 4.78 is 42.6. The zero-order valence-electron chi connectivity index (χ0n) is 38.7. The third kappa shape index (κ3) is 42.6. The molecule has 0 aromatic heterocycles. The number of methoxy groups -OCH3 is 1. The maximum Gasteiger partial charge on any atom is 0.254 e. The van der Waals surface area contributed by atoms with Crippen molar-refractivity contribution in [3.05, 3.63) is 12.2 Å². The number of rotatable bonds is 34. The van der Waals surface area contributed by atoms with Crippen LogP contribution in [-0.4, -0.2) is 185 Å². The highest BCUT2D eigenvalue weighted by atomic mass is 16.6. The first-order valence-corrected chi connectivity index (χ1v) is 21.2. The molecule has 1 unspecified atom stereocenters. The van der Waals surface area contributed by atoms with Gasteiger partial charge in [0.25, 0.3) is 11.8 Å². The zero-order chi connectivity index (χ0) is 46.9. The van der Waals surface area contributed by atoms with Crippen LogP contribution in [-0.2, 0) is 71.5 Å². The molecule has 4 N–H and O–H groups in total. The number of ether oxygens (including phenoxy) is 8. The van der Waals surface area contributed by atoms with Crippen LogP contribution < -0.4 is 21.3 Å². The molecule has 20 nitrogen and oxygen atoms in total. The first-order valence-electron chi connectivity index (χ1n) is 21.2. The topological polar surface area (TPSA) is 245 Å². The number of ketones is 1. The zero-order valence-corrected chi connectivity index (χ0v) is 38.7. The fraction of sp³-hybridized carbons (Fsp3) is 0.780. The number of Topliss-reactive ketones (excluding diaryl/α,β-unsaturated/α-hetero) is 1. The van der Waals surface area contributed by atoms with Gasteiger partial charge in [0.15, 0.2) is 0 Å². The highest BCUT2D eigenvalue weighted by molar-refractivity contribution is 6.15. The molecule has 20 heteroatoms. The lowest BCUT2D eigenvalue weighted by molar-refractivity contribution is -0.145. The predicted molar refractivity (Wildman–Crippen MR) is 230 cm³/mol. The normalized spacial score (nSPS) is 11.6. The third-order valence-electron chi connectivity index (χ3n) is 6.98. The Kier molecular flexibility index (Phi) is 52.7. The minimum absolute atomic E-state index is 0.0265. The Labute approximate surface area is 364 Å². The van der Waals surface area contributed by atoms with Crippen molar-refractivity contribution >= 4 is 41.2 Å². The Morgan fingerprint density at radius 2 is 0.918 bits per heavy atom. The van der Waals surface area contributed by atoms with Gasteiger partial charge >= 0.3 is 0 Å². The van der Waals surface area contributed by atoms with E-state index in [1.807, 2.05) is 48.5 Å². The second-order valence-corrected chi connectivity index (χ2v) is 11.3. The molecule has 1 rings (SSSR count). The minimum Gasteiger partial charge on any atom is -0.382 e. The summed E-state index contributed by atoms with van der Waals surface area (Å²) in [5, 5.41) is 9.62. The average Bonchev–Trinajstić information content (AvgIpc) is 3.61. The van der Waals surface area contributed by atoms with E-state index in [-0.39, 0.29) is 50.8 Å². The molecule has 0 fully saturated rings. The van der Waals surface area contributed by atoms with E-state index in [2.05, 4.69) is 21.3 Å². The molecule has 0 spiro atoms. The Morgan fingerprint density at radius 3 is 1.28 bits per heavy atom. The molecule has 0 aliphatic carbocycles. The summed E-state index contributed by atoms with van der Waals surface area (Å²) in [7, 11) is 3.03. The number of nitrogens with one attached hydrogen (secondary N) is 4. The first-order chi connectivity index (χ1) is 29.6. The van der Waals surface area contributed by atoms with E-state index >= 15 is 0 Å². The smallest absolute Gasteiger partial charge is 0.254 e. The van der Waals surface area contributed by atoms with Gasteiger partial charge in [-0.1, -0.05) is 48.5 Å². The van der Waals surface area contributed by atoms with E-state index in [0.29, 0.717) is 92.3 Å². The van der Waals surface area contributed by atoms with Crippen LogP contribution in [0.1, 0.15) is 74.7 Å². The van der Waals surface area contributed by atoms with Crippen LogP contribution in [0.4, 0.5) is 0 Å². The van der Waals surface area contributed by atoms with Crippen molar-refractivity contribution < 1.29 is 71.5 Å². The SMILES string of the molecule is CC.CC.CC.CCC(C)=O.CNC(=O)CNC(=O)CNC(=O)C(CCNC(=O)CCOCCOCCOCCOCCOCCOCCOCCOC)N1C(=O)C=CC1=O. The summed E-state index contributed by atoms with van der Waals surface area (Å²) in [4.78, 5) is 83.1. The van der Waals surface area contributed by atoms with Crippen LogP contribution in [0.2, 0.25) is 0 Å². The van der Waals surface area contributed by atoms with Crippen molar-refractivity contribution in [3.63, 3.8) is 0 Å². The van der Waals surface area contributed by atoms with Crippen molar-refractivity contribution in [2.75, 3.05) is 133 Å². The van der Waals surface area contributed by atoms with E-state index < -0.39 is 42.1 Å². The Morgan fingerprint density at radius 1 is 0.557 bits per heavy atom. The summed E-state index contributed by atoms with van der Waals surface area (Å²) in [6, 6.07) is -1.26. The van der Waals surface area contributed by atoms with Crippen molar-refractivity contribution in [2.45, 2.75) is 80.7 Å². The second-order valence-electron chi connectivity index (χ2n) is 11.3. The van der Waals surface area contributed by atoms with Crippen LogP contribution in [0.5, 0.6) is 0 Å². The summed E-state index contributed by atoms with van der Waals surface area (Å²) in [5.74, 6) is -3.31. The van der Waals surface area contributed by atoms with Gasteiger partial charge in [0, 0.05) is 45.7 Å². The number of hydrogen-bond donors (Lipinski definition) is 4. The first kappa shape index (κ1) is 63.7. The number of carbonyl (C=O) groups is 7. The van der Waals surface area contributed by atoms with Gasteiger partial charge in [0.2, 0.25) is 23.6 Å². The summed E-state index contributed by atoms with van der Waals surface area (Å²) in [6.45, 7) is 21.0. The highest BCUT2D eigenvalue weighted by Crippen LogP contribution is 2.12. The van der Waals surface area contributed by atoms with Crippen LogP contribution in [0.25, 0.3) is 0 Å². The van der Waals surface area contributed by atoms with E-state index in [4.69, 9.17) is 37.9 Å². The number of carbonyl (C=O) groups excluding carboxylic acids is 7. The molecule has 0 aromatic carbocycles. The van der Waals surface area contributed by atoms with Gasteiger partial charge in [0.05, 0.1) is 112 Å². The van der Waals surface area contributed by atoms with E-state index in [1.165, 1.54) is 7.05 Å². The lowest BCUT2D eigenvalue weighted by Gasteiger charge is -2.25. The van der Waals surface area contributed by atoms with Gasteiger partial charge in [-0.15, -0.1) is 0 Å². The molecule has 1 heterocycles. The number of nitrogens with zero attached hydrogens (tertiary/aromatic N) is 1. The fourth-order valence-corrected chi connectivity index (χ4v) is 3.88. The van der Waals surface area contributed by atoms with Gasteiger partial charge in [0.1, 0.15) is 11.8 Å². The fourth-order valence-electron chi connectivity index (χ4n) is 3.88. The number of hydrogen-bond acceptors (Lipinski definition) is 15. The maximum atomic E-state index is 12.8. The summed E-state index contributed by atoms with van der Waals surface area (Å²) in [5.41, 5.74) is 0. The monoisotopic (exact) mass is 882 g/mol. The number of imide groups is 1. The average molecular weight is 882 g/mol. The van der Waals surface area contributed by atoms with Crippen LogP contribution in [0.3, 0.4) is 0 Å². The van der Waals surface area contributed by atoms with E-state index in [1.54, 1.807) is 14.0 Å². The lowest BCUT2D eigenvalue weighted by atomic mass is 10.1. The van der Waals surface area contributed by atoms with E-state index in [9.17, 15) is 33.6 Å². The molecule has 0 saturated carbocycles. The Bertz CT molecular complexity index is 1130. The summed E-state index contributed by atoms with van der Waals surface area (Å²) >= 11 is 0. The molecule has 0 radical (unpaired) electrons. The molecule has 6 amide bonds. The van der Waals surface area contributed by atoms with Crippen molar-refractivity contribution in [3.8, 4) is 0 Å². The van der Waals surface area contributed by atoms with Gasteiger partial charge < -0.3 is 64.0 Å². The van der Waals surface area contributed by atoms with Crippen LogP contribution in [0, 0.1) is 0 Å². The Balaban J connectivity index is -0.00000133. The van der Waals surface area contributed by atoms with Crippen molar-refractivity contribution in [1.29, 1.82) is 0 Å². The molecule has 0 saturated heterocycles. The molecular weight excluding hydrogens is 802 g/mol. The molecule has 1 atom stereocenters. The maximum absolute atomic E-state index is 12.8. The van der Waals surface area contributed by atoms with Gasteiger partial charge in [-0.2, -0.15) is 0 Å². The molecule has 1 aliphatic heterocycles.